The monoisotopic (exact) mass is 509 g/mol. The molecule has 0 unspecified atom stereocenters. The van der Waals surface area contributed by atoms with Crippen LogP contribution in [0.1, 0.15) is 33.9 Å². The molecule has 0 fully saturated rings. The maximum absolute atomic E-state index is 12.4. The van der Waals surface area contributed by atoms with Crippen LogP contribution in [0.3, 0.4) is 0 Å². The molecule has 0 saturated carbocycles. The summed E-state index contributed by atoms with van der Waals surface area (Å²) in [5.74, 6) is -0.811. The minimum atomic E-state index is -0.871. The van der Waals surface area contributed by atoms with Gasteiger partial charge in [0.1, 0.15) is 0 Å². The van der Waals surface area contributed by atoms with Crippen molar-refractivity contribution in [2.24, 2.45) is 0 Å². The molecule has 2 N–H and O–H groups in total. The fraction of sp³-hybridized carbons (Fsp3) is 0.233. The predicted molar refractivity (Wildman–Crippen MR) is 144 cm³/mol. The summed E-state index contributed by atoms with van der Waals surface area (Å²) in [7, 11) is 0. The van der Waals surface area contributed by atoms with Gasteiger partial charge in [-0.15, -0.1) is 0 Å². The van der Waals surface area contributed by atoms with E-state index in [0.717, 1.165) is 33.9 Å². The van der Waals surface area contributed by atoms with E-state index in [0.29, 0.717) is 32.6 Å². The molecule has 4 rings (SSSR count). The van der Waals surface area contributed by atoms with Crippen LogP contribution in [0.2, 0.25) is 0 Å². The van der Waals surface area contributed by atoms with Crippen LogP contribution >= 0.6 is 0 Å². The molecular weight excluding hydrogens is 478 g/mol. The summed E-state index contributed by atoms with van der Waals surface area (Å²) >= 11 is 0. The van der Waals surface area contributed by atoms with E-state index >= 15 is 0 Å². The first-order valence-electron chi connectivity index (χ1n) is 12.5. The maximum Gasteiger partial charge on any atom is 0.307 e. The maximum atomic E-state index is 12.4. The number of carbonyl (C=O) groups excluding carboxylic acids is 1. The van der Waals surface area contributed by atoms with Gasteiger partial charge in [-0.25, -0.2) is 0 Å². The van der Waals surface area contributed by atoms with Gasteiger partial charge in [-0.2, -0.15) is 0 Å². The van der Waals surface area contributed by atoms with Gasteiger partial charge in [-0.3, -0.25) is 29.4 Å². The third-order valence-corrected chi connectivity index (χ3v) is 5.88. The smallest absolute Gasteiger partial charge is 0.307 e. The minimum Gasteiger partial charge on any atom is -0.481 e. The van der Waals surface area contributed by atoms with Crippen molar-refractivity contribution in [3.05, 3.63) is 125 Å². The van der Waals surface area contributed by atoms with Gasteiger partial charge in [-0.1, -0.05) is 42.5 Å². The molecule has 3 heterocycles. The van der Waals surface area contributed by atoms with E-state index in [4.69, 9.17) is 10.1 Å². The quantitative estimate of drug-likeness (QED) is 0.265. The summed E-state index contributed by atoms with van der Waals surface area (Å²) in [6.45, 7) is 2.70. The molecule has 8 nitrogen and oxygen atoms in total. The van der Waals surface area contributed by atoms with Crippen LogP contribution in [-0.2, 0) is 48.6 Å². The number of nitrogens with one attached hydrogen (secondary N) is 1. The Balaban J connectivity index is 1.30. The van der Waals surface area contributed by atoms with Gasteiger partial charge in [0.2, 0.25) is 0 Å². The SMILES string of the molecule is O=C(O)Cc1ccc(CC(=O)CNCc2cccc(CN(Cc3ccccn3)Cc3ccccn3)n2)cc1. The van der Waals surface area contributed by atoms with Crippen LogP contribution in [0.15, 0.2) is 91.3 Å². The number of benzene rings is 1. The van der Waals surface area contributed by atoms with Crippen molar-refractivity contribution >= 4 is 11.8 Å². The topological polar surface area (TPSA) is 108 Å². The van der Waals surface area contributed by atoms with Crippen LogP contribution < -0.4 is 5.32 Å². The molecule has 38 heavy (non-hydrogen) atoms. The predicted octanol–water partition coefficient (Wildman–Crippen LogP) is 3.60. The second kappa shape index (κ2) is 13.9. The fourth-order valence-corrected chi connectivity index (χ4v) is 4.12. The number of pyridine rings is 3. The molecule has 194 valence electrons. The Hall–Kier alpha value is -4.27. The normalized spacial score (nSPS) is 11.0. The number of aromatic nitrogens is 3. The average Bonchev–Trinajstić information content (AvgIpc) is 2.91. The van der Waals surface area contributed by atoms with Crippen molar-refractivity contribution in [1.82, 2.24) is 25.2 Å². The first kappa shape index (κ1) is 26.8. The molecule has 1 aromatic carbocycles. The van der Waals surface area contributed by atoms with Crippen LogP contribution in [0.4, 0.5) is 0 Å². The molecule has 0 amide bonds. The molecule has 0 aliphatic carbocycles. The molecule has 0 saturated heterocycles. The molecule has 0 atom stereocenters. The highest BCUT2D eigenvalue weighted by atomic mass is 16.4. The van der Waals surface area contributed by atoms with Gasteiger partial charge in [0.25, 0.3) is 0 Å². The summed E-state index contributed by atoms with van der Waals surface area (Å²) in [6, 6.07) is 24.9. The highest BCUT2D eigenvalue weighted by molar-refractivity contribution is 5.82. The van der Waals surface area contributed by atoms with E-state index < -0.39 is 5.97 Å². The van der Waals surface area contributed by atoms with Crippen LogP contribution in [0, 0.1) is 0 Å². The van der Waals surface area contributed by atoms with Crippen LogP contribution in [0.5, 0.6) is 0 Å². The van der Waals surface area contributed by atoms with E-state index in [2.05, 4.69) is 20.2 Å². The van der Waals surface area contributed by atoms with Crippen LogP contribution in [-0.4, -0.2) is 43.3 Å². The molecule has 0 spiro atoms. The zero-order valence-corrected chi connectivity index (χ0v) is 21.2. The summed E-state index contributed by atoms with van der Waals surface area (Å²) in [5.41, 5.74) is 5.35. The first-order chi connectivity index (χ1) is 18.5. The Kier molecular flexibility index (Phi) is 9.78. The number of carboxylic acid groups (broad SMARTS) is 1. The second-order valence-electron chi connectivity index (χ2n) is 9.11. The number of carboxylic acids is 1. The third-order valence-electron chi connectivity index (χ3n) is 5.88. The van der Waals surface area contributed by atoms with Gasteiger partial charge < -0.3 is 10.4 Å². The number of nitrogens with zero attached hydrogens (tertiary/aromatic N) is 4. The Bertz CT molecular complexity index is 1270. The minimum absolute atomic E-state index is 0.0219. The lowest BCUT2D eigenvalue weighted by Crippen LogP contribution is -2.25. The van der Waals surface area contributed by atoms with Gasteiger partial charge in [-0.05, 0) is 47.5 Å². The summed E-state index contributed by atoms with van der Waals surface area (Å²) in [6.07, 6.45) is 3.87. The molecule has 0 bridgehead atoms. The summed E-state index contributed by atoms with van der Waals surface area (Å²) < 4.78 is 0. The number of hydrogen-bond acceptors (Lipinski definition) is 7. The molecule has 8 heteroatoms. The van der Waals surface area contributed by atoms with Crippen molar-refractivity contribution in [3.8, 4) is 0 Å². The number of rotatable bonds is 14. The number of ketones is 1. The number of aliphatic carboxylic acids is 1. The van der Waals surface area contributed by atoms with Crippen molar-refractivity contribution in [3.63, 3.8) is 0 Å². The van der Waals surface area contributed by atoms with Crippen molar-refractivity contribution in [2.75, 3.05) is 6.54 Å². The van der Waals surface area contributed by atoms with Gasteiger partial charge in [0.15, 0.2) is 5.78 Å². The van der Waals surface area contributed by atoms with Gasteiger partial charge in [0.05, 0.1) is 35.7 Å². The Morgan fingerprint density at radius 2 is 1.24 bits per heavy atom. The highest BCUT2D eigenvalue weighted by Gasteiger charge is 2.12. The van der Waals surface area contributed by atoms with E-state index in [-0.39, 0.29) is 18.7 Å². The largest absolute Gasteiger partial charge is 0.481 e. The van der Waals surface area contributed by atoms with Crippen molar-refractivity contribution in [1.29, 1.82) is 0 Å². The number of carbonyl (C=O) groups is 2. The Morgan fingerprint density at radius 3 is 1.82 bits per heavy atom. The lowest BCUT2D eigenvalue weighted by atomic mass is 10.1. The van der Waals surface area contributed by atoms with E-state index in [1.807, 2.05) is 66.7 Å². The molecule has 4 aromatic rings. The van der Waals surface area contributed by atoms with E-state index in [1.165, 1.54) is 0 Å². The third kappa shape index (κ3) is 8.99. The van der Waals surface area contributed by atoms with Gasteiger partial charge >= 0.3 is 5.97 Å². The lowest BCUT2D eigenvalue weighted by Gasteiger charge is -2.21. The molecule has 0 radical (unpaired) electrons. The zero-order chi connectivity index (χ0) is 26.6. The van der Waals surface area contributed by atoms with Gasteiger partial charge in [0, 0.05) is 45.0 Å². The van der Waals surface area contributed by atoms with Crippen LogP contribution in [0.25, 0.3) is 0 Å². The first-order valence-corrected chi connectivity index (χ1v) is 12.5. The standard InChI is InChI=1S/C30H31N5O3/c36-29(16-23-10-12-24(13-11-23)17-30(37)38)19-31-18-25-8-5-9-28(34-25)22-35(20-26-6-1-3-14-32-26)21-27-7-2-4-15-33-27/h1-15,31H,16-22H2,(H,37,38). The highest BCUT2D eigenvalue weighted by Crippen LogP contribution is 2.12. The Morgan fingerprint density at radius 1 is 0.684 bits per heavy atom. The fourth-order valence-electron chi connectivity index (χ4n) is 4.12. The zero-order valence-electron chi connectivity index (χ0n) is 21.2. The number of Topliss-reactive ketones (excluding diaryl/α,β-unsaturated/α-hetero) is 1. The molecular formula is C30H31N5O3. The lowest BCUT2D eigenvalue weighted by molar-refractivity contribution is -0.136. The average molecular weight is 510 g/mol. The molecule has 3 aromatic heterocycles. The van der Waals surface area contributed by atoms with Crippen molar-refractivity contribution in [2.45, 2.75) is 39.0 Å². The summed E-state index contributed by atoms with van der Waals surface area (Å²) in [5, 5.41) is 12.1. The van der Waals surface area contributed by atoms with Crippen molar-refractivity contribution < 1.29 is 14.7 Å². The summed E-state index contributed by atoms with van der Waals surface area (Å²) in [4.78, 5) is 39.3. The molecule has 0 aliphatic heterocycles. The van der Waals surface area contributed by atoms with E-state index in [9.17, 15) is 9.59 Å². The molecule has 0 aliphatic rings. The van der Waals surface area contributed by atoms with E-state index in [1.54, 1.807) is 24.5 Å². The second-order valence-corrected chi connectivity index (χ2v) is 9.11. The number of hydrogen-bond donors (Lipinski definition) is 2. The Labute approximate surface area is 222 Å².